The number of amides is 1. The number of anilines is 1. The van der Waals surface area contributed by atoms with Crippen LogP contribution in [0.25, 0.3) is 0 Å². The average Bonchev–Trinajstić information content (AvgIpc) is 3.37. The van der Waals surface area contributed by atoms with Crippen molar-refractivity contribution in [2.45, 2.75) is 57.5 Å². The molecule has 0 radical (unpaired) electrons. The molecule has 6 heteroatoms. The number of H-pyrrole nitrogens is 1. The van der Waals surface area contributed by atoms with Gasteiger partial charge in [-0.05, 0) is 44.2 Å². The molecule has 1 aromatic heterocycles. The summed E-state index contributed by atoms with van der Waals surface area (Å²) in [7, 11) is 0. The van der Waals surface area contributed by atoms with E-state index in [1.54, 1.807) is 0 Å². The van der Waals surface area contributed by atoms with Crippen LogP contribution >= 0.6 is 0 Å². The van der Waals surface area contributed by atoms with Crippen LogP contribution in [0.3, 0.4) is 0 Å². The maximum atomic E-state index is 12.2. The maximum Gasteiger partial charge on any atom is 0.222 e. The normalized spacial score (nSPS) is 19.6. The summed E-state index contributed by atoms with van der Waals surface area (Å²) in [6.45, 7) is 3.40. The smallest absolute Gasteiger partial charge is 0.222 e. The molecule has 1 aliphatic carbocycles. The summed E-state index contributed by atoms with van der Waals surface area (Å²) < 4.78 is 0. The van der Waals surface area contributed by atoms with E-state index in [2.05, 4.69) is 56.6 Å². The SMILES string of the molecule is CC1CCc2ccccc2N1CCC(=O)NCc1nc(C2CC2)n[nH]1. The molecular formula is C19H25N5O. The molecule has 1 unspecified atom stereocenters. The van der Waals surface area contributed by atoms with Gasteiger partial charge in [-0.1, -0.05) is 18.2 Å². The van der Waals surface area contributed by atoms with Crippen LogP contribution in [-0.4, -0.2) is 33.7 Å². The molecule has 2 N–H and O–H groups in total. The molecule has 6 nitrogen and oxygen atoms in total. The van der Waals surface area contributed by atoms with Gasteiger partial charge in [0.25, 0.3) is 0 Å². The number of para-hydroxylation sites is 1. The van der Waals surface area contributed by atoms with Crippen LogP contribution < -0.4 is 10.2 Å². The lowest BCUT2D eigenvalue weighted by Gasteiger charge is -2.37. The van der Waals surface area contributed by atoms with E-state index in [0.717, 1.165) is 31.0 Å². The van der Waals surface area contributed by atoms with Crippen LogP contribution in [0.4, 0.5) is 5.69 Å². The second-order valence-electron chi connectivity index (χ2n) is 7.15. The molecule has 2 aromatic rings. The van der Waals surface area contributed by atoms with Crippen molar-refractivity contribution in [2.75, 3.05) is 11.4 Å². The highest BCUT2D eigenvalue weighted by Crippen LogP contribution is 2.37. The standard InChI is InChI=1S/C19H25N5O/c1-13-6-7-14-4-2-3-5-16(14)24(13)11-10-18(25)20-12-17-21-19(23-22-17)15-8-9-15/h2-5,13,15H,6-12H2,1H3,(H,20,25)(H,21,22,23). The largest absolute Gasteiger partial charge is 0.368 e. The lowest BCUT2D eigenvalue weighted by atomic mass is 9.96. The minimum atomic E-state index is 0.0552. The number of aromatic amines is 1. The summed E-state index contributed by atoms with van der Waals surface area (Å²) in [5.41, 5.74) is 2.66. The van der Waals surface area contributed by atoms with Gasteiger partial charge in [0.2, 0.25) is 5.91 Å². The maximum absolute atomic E-state index is 12.2. The number of hydrogen-bond donors (Lipinski definition) is 2. The Balaban J connectivity index is 1.29. The lowest BCUT2D eigenvalue weighted by Crippen LogP contribution is -2.39. The van der Waals surface area contributed by atoms with E-state index in [-0.39, 0.29) is 5.91 Å². The van der Waals surface area contributed by atoms with E-state index in [1.807, 2.05) is 0 Å². The van der Waals surface area contributed by atoms with Crippen molar-refractivity contribution < 1.29 is 4.79 Å². The molecule has 2 aliphatic rings. The quantitative estimate of drug-likeness (QED) is 0.848. The number of carbonyl (C=O) groups is 1. The van der Waals surface area contributed by atoms with Gasteiger partial charge in [0.05, 0.1) is 6.54 Å². The third kappa shape index (κ3) is 3.67. The highest BCUT2D eigenvalue weighted by atomic mass is 16.1. The number of nitrogens with zero attached hydrogens (tertiary/aromatic N) is 3. The summed E-state index contributed by atoms with van der Waals surface area (Å²) >= 11 is 0. The van der Waals surface area contributed by atoms with Crippen molar-refractivity contribution in [3.05, 3.63) is 41.5 Å². The molecule has 1 aromatic carbocycles. The van der Waals surface area contributed by atoms with E-state index < -0.39 is 0 Å². The zero-order valence-electron chi connectivity index (χ0n) is 14.7. The predicted molar refractivity (Wildman–Crippen MR) is 96.4 cm³/mol. The summed E-state index contributed by atoms with van der Waals surface area (Å²) in [6, 6.07) is 8.99. The average molecular weight is 339 g/mol. The molecule has 2 heterocycles. The van der Waals surface area contributed by atoms with Gasteiger partial charge >= 0.3 is 0 Å². The minimum Gasteiger partial charge on any atom is -0.368 e. The van der Waals surface area contributed by atoms with Gasteiger partial charge < -0.3 is 10.2 Å². The number of hydrogen-bond acceptors (Lipinski definition) is 4. The van der Waals surface area contributed by atoms with Crippen molar-refractivity contribution in [1.29, 1.82) is 0 Å². The monoisotopic (exact) mass is 339 g/mol. The van der Waals surface area contributed by atoms with Crippen molar-refractivity contribution in [1.82, 2.24) is 20.5 Å². The van der Waals surface area contributed by atoms with Crippen LogP contribution in [0.1, 0.15) is 55.7 Å². The number of benzene rings is 1. The molecule has 4 rings (SSSR count). The number of fused-ring (bicyclic) bond motifs is 1. The van der Waals surface area contributed by atoms with Gasteiger partial charge in [-0.2, -0.15) is 5.10 Å². The van der Waals surface area contributed by atoms with Crippen LogP contribution in [-0.2, 0) is 17.8 Å². The number of aryl methyl sites for hydroxylation is 1. The Kier molecular flexibility index (Phi) is 4.42. The van der Waals surface area contributed by atoms with Crippen LogP contribution in [0.2, 0.25) is 0 Å². The fraction of sp³-hybridized carbons (Fsp3) is 0.526. The van der Waals surface area contributed by atoms with Gasteiger partial charge in [0.1, 0.15) is 5.82 Å². The Bertz CT molecular complexity index is 752. The van der Waals surface area contributed by atoms with Gasteiger partial charge in [0, 0.05) is 30.6 Å². The Labute approximate surface area is 148 Å². The summed E-state index contributed by atoms with van der Waals surface area (Å²) in [5.74, 6) is 2.22. The molecule has 1 amide bonds. The number of rotatable bonds is 6. The first-order valence-electron chi connectivity index (χ1n) is 9.23. The van der Waals surface area contributed by atoms with Gasteiger partial charge in [-0.15, -0.1) is 0 Å². The Morgan fingerprint density at radius 1 is 1.32 bits per heavy atom. The molecule has 25 heavy (non-hydrogen) atoms. The van der Waals surface area contributed by atoms with Crippen molar-refractivity contribution >= 4 is 11.6 Å². The second kappa shape index (κ2) is 6.86. The predicted octanol–water partition coefficient (Wildman–Crippen LogP) is 2.53. The van der Waals surface area contributed by atoms with E-state index in [9.17, 15) is 4.79 Å². The molecular weight excluding hydrogens is 314 g/mol. The molecule has 1 atom stereocenters. The molecule has 132 valence electrons. The van der Waals surface area contributed by atoms with Crippen LogP contribution in [0, 0.1) is 0 Å². The molecule has 1 saturated carbocycles. The number of nitrogens with one attached hydrogen (secondary N) is 2. The third-order valence-electron chi connectivity index (χ3n) is 5.19. The lowest BCUT2D eigenvalue weighted by molar-refractivity contribution is -0.121. The summed E-state index contributed by atoms with van der Waals surface area (Å²) in [4.78, 5) is 19.0. The first-order valence-corrected chi connectivity index (χ1v) is 9.23. The second-order valence-corrected chi connectivity index (χ2v) is 7.15. The number of aromatic nitrogens is 3. The Morgan fingerprint density at radius 3 is 3.00 bits per heavy atom. The molecule has 1 fully saturated rings. The molecule has 0 bridgehead atoms. The van der Waals surface area contributed by atoms with Crippen molar-refractivity contribution in [2.24, 2.45) is 0 Å². The zero-order chi connectivity index (χ0) is 17.2. The molecule has 0 saturated heterocycles. The topological polar surface area (TPSA) is 73.9 Å². The minimum absolute atomic E-state index is 0.0552. The Morgan fingerprint density at radius 2 is 2.16 bits per heavy atom. The van der Waals surface area contributed by atoms with Crippen molar-refractivity contribution in [3.63, 3.8) is 0 Å². The fourth-order valence-corrected chi connectivity index (χ4v) is 3.51. The summed E-state index contributed by atoms with van der Waals surface area (Å²) in [6.07, 6.45) is 5.11. The molecule has 1 aliphatic heterocycles. The van der Waals surface area contributed by atoms with Gasteiger partial charge in [0.15, 0.2) is 5.82 Å². The van der Waals surface area contributed by atoms with Gasteiger partial charge in [-0.25, -0.2) is 4.98 Å². The summed E-state index contributed by atoms with van der Waals surface area (Å²) in [5, 5.41) is 10.1. The third-order valence-corrected chi connectivity index (χ3v) is 5.19. The number of carbonyl (C=O) groups excluding carboxylic acids is 1. The van der Waals surface area contributed by atoms with E-state index in [0.29, 0.717) is 24.9 Å². The van der Waals surface area contributed by atoms with Gasteiger partial charge in [-0.3, -0.25) is 9.89 Å². The zero-order valence-corrected chi connectivity index (χ0v) is 14.7. The van der Waals surface area contributed by atoms with E-state index in [1.165, 1.54) is 24.1 Å². The fourth-order valence-electron chi connectivity index (χ4n) is 3.51. The van der Waals surface area contributed by atoms with E-state index >= 15 is 0 Å². The first kappa shape index (κ1) is 16.1. The van der Waals surface area contributed by atoms with Crippen molar-refractivity contribution in [3.8, 4) is 0 Å². The van der Waals surface area contributed by atoms with E-state index in [4.69, 9.17) is 0 Å². The highest BCUT2D eigenvalue weighted by Gasteiger charge is 2.27. The van der Waals surface area contributed by atoms with Crippen LogP contribution in [0.5, 0.6) is 0 Å². The highest BCUT2D eigenvalue weighted by molar-refractivity contribution is 5.76. The molecule has 0 spiro atoms. The van der Waals surface area contributed by atoms with Crippen LogP contribution in [0.15, 0.2) is 24.3 Å². The Hall–Kier alpha value is -2.37. The first-order chi connectivity index (χ1) is 12.2.